The minimum atomic E-state index is -4.79. The second kappa shape index (κ2) is 5.07. The van der Waals surface area contributed by atoms with Crippen LogP contribution in [0, 0.1) is 0 Å². The van der Waals surface area contributed by atoms with Crippen LogP contribution in [-0.4, -0.2) is 32.8 Å². The molecule has 2 N–H and O–H groups in total. The molecule has 20 heavy (non-hydrogen) atoms. The summed E-state index contributed by atoms with van der Waals surface area (Å²) in [5.41, 5.74) is -0.374. The first-order chi connectivity index (χ1) is 9.35. The Hall–Kier alpha value is -2.78. The Balaban J connectivity index is 2.11. The van der Waals surface area contributed by atoms with Crippen molar-refractivity contribution in [1.29, 1.82) is 0 Å². The third-order valence-corrected chi connectivity index (χ3v) is 2.00. The van der Waals surface area contributed by atoms with Gasteiger partial charge in [0, 0.05) is 0 Å². The molecule has 0 amide bonds. The largest absolute Gasteiger partial charge is 0.573 e. The number of aromatic carboxylic acids is 1. The molecule has 2 aromatic rings. The lowest BCUT2D eigenvalue weighted by Gasteiger charge is -2.09. The maximum absolute atomic E-state index is 11.9. The Morgan fingerprint density at radius 2 is 1.80 bits per heavy atom. The van der Waals surface area contributed by atoms with Gasteiger partial charge >= 0.3 is 12.3 Å². The first-order valence-corrected chi connectivity index (χ1v) is 5.03. The van der Waals surface area contributed by atoms with Crippen LogP contribution >= 0.6 is 0 Å². The number of carboxylic acids is 1. The van der Waals surface area contributed by atoms with Gasteiger partial charge in [0.1, 0.15) is 11.5 Å². The average molecular weight is 289 g/mol. The van der Waals surface area contributed by atoms with Crippen LogP contribution in [0.15, 0.2) is 24.3 Å². The normalized spacial score (nSPS) is 11.2. The van der Waals surface area contributed by atoms with E-state index in [0.29, 0.717) is 0 Å². The molecule has 0 aliphatic carbocycles. The summed E-state index contributed by atoms with van der Waals surface area (Å²) in [5, 5.41) is 17.5. The lowest BCUT2D eigenvalue weighted by Crippen LogP contribution is -2.16. The van der Waals surface area contributed by atoms with Gasteiger partial charge in [-0.15, -0.1) is 13.2 Å². The Morgan fingerprint density at radius 3 is 2.35 bits per heavy atom. The van der Waals surface area contributed by atoms with Gasteiger partial charge < -0.3 is 14.6 Å². The molecule has 2 rings (SSSR count). The molecule has 0 saturated heterocycles. The summed E-state index contributed by atoms with van der Waals surface area (Å²) >= 11 is 0. The third kappa shape index (κ3) is 3.37. The fraction of sp³-hybridized carbons (Fsp3) is 0.100. The van der Waals surface area contributed by atoms with Crippen molar-refractivity contribution in [3.63, 3.8) is 0 Å². The van der Waals surface area contributed by atoms with Crippen molar-refractivity contribution in [2.24, 2.45) is 0 Å². The summed E-state index contributed by atoms with van der Waals surface area (Å²) in [6.45, 7) is 0. The van der Waals surface area contributed by atoms with Crippen LogP contribution in [0.3, 0.4) is 0 Å². The summed E-state index contributed by atoms with van der Waals surface area (Å²) in [6.07, 6.45) is -4.79. The molecule has 1 aromatic heterocycles. The Morgan fingerprint density at radius 1 is 1.20 bits per heavy atom. The highest BCUT2D eigenvalue weighted by molar-refractivity contribution is 5.87. The van der Waals surface area contributed by atoms with Gasteiger partial charge in [-0.25, -0.2) is 9.89 Å². The van der Waals surface area contributed by atoms with Crippen molar-refractivity contribution in [3.05, 3.63) is 30.0 Å². The summed E-state index contributed by atoms with van der Waals surface area (Å²) in [6, 6.07) is 4.37. The number of hydrogen-bond acceptors (Lipinski definition) is 5. The molecular formula is C10H6F3N3O4. The number of nitrogens with zero attached hydrogens (tertiary/aromatic N) is 2. The number of alkyl halides is 3. The second-order valence-corrected chi connectivity index (χ2v) is 3.42. The van der Waals surface area contributed by atoms with E-state index in [1.807, 2.05) is 0 Å². The Bertz CT molecular complexity index is 609. The van der Waals surface area contributed by atoms with Crippen molar-refractivity contribution in [2.75, 3.05) is 0 Å². The maximum atomic E-state index is 11.9. The molecule has 106 valence electrons. The molecule has 0 saturated carbocycles. The summed E-state index contributed by atoms with van der Waals surface area (Å²) in [5.74, 6) is -1.98. The van der Waals surface area contributed by atoms with Crippen LogP contribution < -0.4 is 9.47 Å². The second-order valence-electron chi connectivity index (χ2n) is 3.42. The van der Waals surface area contributed by atoms with Crippen LogP contribution in [0.5, 0.6) is 17.4 Å². The summed E-state index contributed by atoms with van der Waals surface area (Å²) in [7, 11) is 0. The van der Waals surface area contributed by atoms with Crippen molar-refractivity contribution < 1.29 is 32.5 Å². The fourth-order valence-electron chi connectivity index (χ4n) is 1.25. The van der Waals surface area contributed by atoms with Crippen molar-refractivity contribution in [3.8, 4) is 17.4 Å². The molecule has 7 nitrogen and oxygen atoms in total. The lowest BCUT2D eigenvalue weighted by atomic mass is 10.3. The predicted octanol–water partition coefficient (Wildman–Crippen LogP) is 2.19. The molecular weight excluding hydrogens is 283 g/mol. The SMILES string of the molecule is O=C(O)c1[nH]nnc1Oc1ccc(OC(F)(F)F)cc1. The van der Waals surface area contributed by atoms with Crippen LogP contribution in [0.4, 0.5) is 13.2 Å². The van der Waals surface area contributed by atoms with Gasteiger partial charge in [-0.2, -0.15) is 0 Å². The zero-order valence-electron chi connectivity index (χ0n) is 9.51. The minimum absolute atomic E-state index is 0.0796. The first-order valence-electron chi connectivity index (χ1n) is 5.03. The lowest BCUT2D eigenvalue weighted by molar-refractivity contribution is -0.274. The highest BCUT2D eigenvalue weighted by Crippen LogP contribution is 2.27. The molecule has 0 atom stereocenters. The Labute approximate surface area is 108 Å². The van der Waals surface area contributed by atoms with Crippen LogP contribution in [0.25, 0.3) is 0 Å². The van der Waals surface area contributed by atoms with E-state index in [1.54, 1.807) is 0 Å². The van der Waals surface area contributed by atoms with Crippen molar-refractivity contribution >= 4 is 5.97 Å². The average Bonchev–Trinajstić information content (AvgIpc) is 2.78. The van der Waals surface area contributed by atoms with E-state index in [9.17, 15) is 18.0 Å². The topological polar surface area (TPSA) is 97.3 Å². The van der Waals surface area contributed by atoms with Gasteiger partial charge in [-0.3, -0.25) is 0 Å². The zero-order chi connectivity index (χ0) is 14.8. The van der Waals surface area contributed by atoms with E-state index in [1.165, 1.54) is 12.1 Å². The predicted molar refractivity (Wildman–Crippen MR) is 56.5 cm³/mol. The standard InChI is InChI=1S/C10H6F3N3O4/c11-10(12,13)20-6-3-1-5(2-4-6)19-8-7(9(17)18)14-16-15-8/h1-4H,(H,17,18)(H,14,15,16). The fourth-order valence-corrected chi connectivity index (χ4v) is 1.25. The number of ether oxygens (including phenoxy) is 2. The number of carbonyl (C=O) groups is 1. The van der Waals surface area contributed by atoms with Crippen LogP contribution in [0.1, 0.15) is 10.5 Å². The van der Waals surface area contributed by atoms with E-state index in [2.05, 4.69) is 20.1 Å². The molecule has 0 aliphatic rings. The molecule has 0 fully saturated rings. The van der Waals surface area contributed by atoms with Gasteiger partial charge in [-0.1, -0.05) is 10.3 Å². The molecule has 10 heteroatoms. The molecule has 0 spiro atoms. The van der Waals surface area contributed by atoms with Crippen LogP contribution in [-0.2, 0) is 0 Å². The van der Waals surface area contributed by atoms with E-state index in [-0.39, 0.29) is 17.3 Å². The number of aromatic nitrogens is 3. The zero-order valence-corrected chi connectivity index (χ0v) is 9.51. The number of hydrogen-bond donors (Lipinski definition) is 2. The molecule has 0 radical (unpaired) electrons. The van der Waals surface area contributed by atoms with E-state index < -0.39 is 18.1 Å². The molecule has 0 unspecified atom stereocenters. The number of carboxylic acid groups (broad SMARTS) is 1. The maximum Gasteiger partial charge on any atom is 0.573 e. The molecule has 1 heterocycles. The van der Waals surface area contributed by atoms with Gasteiger partial charge in [0.05, 0.1) is 0 Å². The highest BCUT2D eigenvalue weighted by atomic mass is 19.4. The van der Waals surface area contributed by atoms with Crippen molar-refractivity contribution in [2.45, 2.75) is 6.36 Å². The van der Waals surface area contributed by atoms with Gasteiger partial charge in [0.15, 0.2) is 0 Å². The number of H-pyrrole nitrogens is 1. The highest BCUT2D eigenvalue weighted by Gasteiger charge is 2.31. The van der Waals surface area contributed by atoms with E-state index in [0.717, 1.165) is 12.1 Å². The number of aromatic amines is 1. The monoisotopic (exact) mass is 289 g/mol. The Kier molecular flexibility index (Phi) is 3.46. The summed E-state index contributed by atoms with van der Waals surface area (Å²) in [4.78, 5) is 10.7. The van der Waals surface area contributed by atoms with Gasteiger partial charge in [-0.05, 0) is 24.3 Å². The minimum Gasteiger partial charge on any atom is -0.476 e. The number of nitrogens with one attached hydrogen (secondary N) is 1. The van der Waals surface area contributed by atoms with Crippen molar-refractivity contribution in [1.82, 2.24) is 15.4 Å². The van der Waals surface area contributed by atoms with E-state index >= 15 is 0 Å². The first kappa shape index (κ1) is 13.6. The quantitative estimate of drug-likeness (QED) is 0.895. The van der Waals surface area contributed by atoms with Gasteiger partial charge in [0.2, 0.25) is 5.69 Å². The summed E-state index contributed by atoms with van der Waals surface area (Å²) < 4.78 is 44.6. The molecule has 0 aliphatic heterocycles. The third-order valence-electron chi connectivity index (χ3n) is 2.00. The number of rotatable bonds is 4. The van der Waals surface area contributed by atoms with Gasteiger partial charge in [0.25, 0.3) is 5.88 Å². The molecule has 0 bridgehead atoms. The molecule has 1 aromatic carbocycles. The number of benzene rings is 1. The van der Waals surface area contributed by atoms with E-state index in [4.69, 9.17) is 9.84 Å². The van der Waals surface area contributed by atoms with Crippen LogP contribution in [0.2, 0.25) is 0 Å². The number of halogens is 3. The smallest absolute Gasteiger partial charge is 0.476 e.